The molecule has 26 heavy (non-hydrogen) atoms. The van der Waals surface area contributed by atoms with Crippen molar-refractivity contribution in [1.82, 2.24) is 9.88 Å². The summed E-state index contributed by atoms with van der Waals surface area (Å²) in [7, 11) is 0. The quantitative estimate of drug-likeness (QED) is 0.547. The fourth-order valence-electron chi connectivity index (χ4n) is 2.50. The maximum Gasteiger partial charge on any atom is 0.174 e. The minimum Gasteiger partial charge on any atom is -0.340 e. The number of hydrogen-bond acceptors (Lipinski definition) is 2. The fraction of sp³-hybridized carbons (Fsp3) is 0.100. The molecule has 3 aromatic rings. The van der Waals surface area contributed by atoms with Crippen LogP contribution in [0.4, 0.5) is 5.69 Å². The molecule has 0 saturated heterocycles. The second-order valence-corrected chi connectivity index (χ2v) is 7.04. The summed E-state index contributed by atoms with van der Waals surface area (Å²) >= 11 is 17.7. The number of hydrogen-bond donors (Lipinski definition) is 1. The van der Waals surface area contributed by atoms with Crippen LogP contribution in [0, 0.1) is 0 Å². The Balaban J connectivity index is 1.79. The van der Waals surface area contributed by atoms with Gasteiger partial charge in [-0.3, -0.25) is 4.98 Å². The molecule has 0 saturated carbocycles. The molecule has 0 unspecified atom stereocenters. The average molecular weight is 402 g/mol. The van der Waals surface area contributed by atoms with Gasteiger partial charge in [0.15, 0.2) is 5.11 Å². The maximum absolute atomic E-state index is 6.12. The molecule has 0 atom stereocenters. The van der Waals surface area contributed by atoms with Crippen LogP contribution in [0.1, 0.15) is 11.1 Å². The Hall–Kier alpha value is -2.14. The van der Waals surface area contributed by atoms with Gasteiger partial charge in [-0.25, -0.2) is 0 Å². The van der Waals surface area contributed by atoms with Crippen LogP contribution in [0.15, 0.2) is 73.1 Å². The van der Waals surface area contributed by atoms with Crippen LogP contribution in [0.5, 0.6) is 0 Å². The summed E-state index contributed by atoms with van der Waals surface area (Å²) in [6.45, 7) is 1.27. The Labute approximate surface area is 168 Å². The number of nitrogens with zero attached hydrogens (tertiary/aromatic N) is 2. The second-order valence-electron chi connectivity index (χ2n) is 5.78. The molecule has 132 valence electrons. The number of pyridine rings is 1. The molecule has 3 rings (SSSR count). The van der Waals surface area contributed by atoms with E-state index >= 15 is 0 Å². The number of thiocarbonyl (C=S) groups is 1. The van der Waals surface area contributed by atoms with Gasteiger partial charge in [-0.1, -0.05) is 41.4 Å². The van der Waals surface area contributed by atoms with Crippen molar-refractivity contribution >= 4 is 46.2 Å². The van der Waals surface area contributed by atoms with E-state index in [9.17, 15) is 0 Å². The predicted octanol–water partition coefficient (Wildman–Crippen LogP) is 5.79. The molecule has 0 aliphatic rings. The van der Waals surface area contributed by atoms with Gasteiger partial charge in [0.25, 0.3) is 0 Å². The third-order valence-electron chi connectivity index (χ3n) is 3.74. The minimum absolute atomic E-state index is 0.621. The molecule has 1 heterocycles. The van der Waals surface area contributed by atoms with Crippen molar-refractivity contribution in [2.45, 2.75) is 13.1 Å². The van der Waals surface area contributed by atoms with Crippen molar-refractivity contribution in [3.63, 3.8) is 0 Å². The zero-order valence-corrected chi connectivity index (χ0v) is 16.2. The van der Waals surface area contributed by atoms with E-state index in [4.69, 9.17) is 35.4 Å². The first-order chi connectivity index (χ1) is 12.6. The molecule has 0 spiro atoms. The number of halogens is 2. The second kappa shape index (κ2) is 8.99. The standard InChI is InChI=1S/C20H17Cl2N3S/c21-17-6-8-19(9-7-17)24-20(26)25(14-16-4-2-10-23-12-16)13-15-3-1-5-18(22)11-15/h1-12H,13-14H2,(H,24,26). The molecule has 2 aromatic carbocycles. The molecular formula is C20H17Cl2N3S. The minimum atomic E-state index is 0.621. The third-order valence-corrected chi connectivity index (χ3v) is 4.59. The molecular weight excluding hydrogens is 385 g/mol. The van der Waals surface area contributed by atoms with Crippen LogP contribution in [0.25, 0.3) is 0 Å². The van der Waals surface area contributed by atoms with Gasteiger partial charge in [0.05, 0.1) is 0 Å². The summed E-state index contributed by atoms with van der Waals surface area (Å²) in [4.78, 5) is 6.26. The van der Waals surface area contributed by atoms with Crippen molar-refractivity contribution < 1.29 is 0 Å². The van der Waals surface area contributed by atoms with Crippen LogP contribution in [0.3, 0.4) is 0 Å². The largest absolute Gasteiger partial charge is 0.340 e. The number of rotatable bonds is 5. The maximum atomic E-state index is 6.12. The van der Waals surface area contributed by atoms with Gasteiger partial charge in [-0.2, -0.15) is 0 Å². The van der Waals surface area contributed by atoms with E-state index in [2.05, 4.69) is 15.2 Å². The summed E-state index contributed by atoms with van der Waals surface area (Å²) < 4.78 is 0. The lowest BCUT2D eigenvalue weighted by Crippen LogP contribution is -2.33. The SMILES string of the molecule is S=C(Nc1ccc(Cl)cc1)N(Cc1cccnc1)Cc1cccc(Cl)c1. The predicted molar refractivity (Wildman–Crippen MR) is 113 cm³/mol. The lowest BCUT2D eigenvalue weighted by Gasteiger charge is -2.26. The highest BCUT2D eigenvalue weighted by molar-refractivity contribution is 7.80. The van der Waals surface area contributed by atoms with Crippen LogP contribution in [-0.2, 0) is 13.1 Å². The first-order valence-electron chi connectivity index (χ1n) is 8.05. The molecule has 1 N–H and O–H groups in total. The molecule has 6 heteroatoms. The lowest BCUT2D eigenvalue weighted by molar-refractivity contribution is 0.412. The van der Waals surface area contributed by atoms with E-state index in [0.29, 0.717) is 28.2 Å². The van der Waals surface area contributed by atoms with Crippen molar-refractivity contribution in [2.24, 2.45) is 0 Å². The molecule has 0 fully saturated rings. The summed E-state index contributed by atoms with van der Waals surface area (Å²) in [5, 5.41) is 5.29. The van der Waals surface area contributed by atoms with Crippen LogP contribution < -0.4 is 5.32 Å². The van der Waals surface area contributed by atoms with Crippen LogP contribution in [0.2, 0.25) is 10.0 Å². The third kappa shape index (κ3) is 5.43. The Morgan fingerprint density at radius 2 is 1.65 bits per heavy atom. The van der Waals surface area contributed by atoms with Gasteiger partial charge in [-0.15, -0.1) is 0 Å². The van der Waals surface area contributed by atoms with E-state index in [1.54, 1.807) is 6.20 Å². The van der Waals surface area contributed by atoms with Gasteiger partial charge in [0.2, 0.25) is 0 Å². The van der Waals surface area contributed by atoms with E-state index in [0.717, 1.165) is 16.8 Å². The smallest absolute Gasteiger partial charge is 0.174 e. The topological polar surface area (TPSA) is 28.2 Å². The molecule has 1 aromatic heterocycles. The van der Waals surface area contributed by atoms with Crippen molar-refractivity contribution in [3.05, 3.63) is 94.2 Å². The van der Waals surface area contributed by atoms with E-state index in [1.807, 2.05) is 66.9 Å². The van der Waals surface area contributed by atoms with Gasteiger partial charge in [0.1, 0.15) is 0 Å². The van der Waals surface area contributed by atoms with Crippen molar-refractivity contribution in [2.75, 3.05) is 5.32 Å². The normalized spacial score (nSPS) is 10.4. The highest BCUT2D eigenvalue weighted by Crippen LogP contribution is 2.18. The molecule has 3 nitrogen and oxygen atoms in total. The average Bonchev–Trinajstić information content (AvgIpc) is 2.64. The van der Waals surface area contributed by atoms with Gasteiger partial charge < -0.3 is 10.2 Å². The summed E-state index contributed by atoms with van der Waals surface area (Å²) in [5.74, 6) is 0. The molecule has 0 aliphatic carbocycles. The van der Waals surface area contributed by atoms with Gasteiger partial charge in [0, 0.05) is 41.2 Å². The molecule has 0 amide bonds. The number of benzene rings is 2. The zero-order valence-electron chi connectivity index (χ0n) is 13.9. The van der Waals surface area contributed by atoms with Gasteiger partial charge in [-0.05, 0) is 65.8 Å². The summed E-state index contributed by atoms with van der Waals surface area (Å²) in [6.07, 6.45) is 3.60. The first kappa shape index (κ1) is 18.6. The Kier molecular flexibility index (Phi) is 6.45. The Bertz CT molecular complexity index is 870. The Morgan fingerprint density at radius 1 is 0.923 bits per heavy atom. The van der Waals surface area contributed by atoms with E-state index < -0.39 is 0 Å². The highest BCUT2D eigenvalue weighted by Gasteiger charge is 2.12. The number of nitrogens with one attached hydrogen (secondary N) is 1. The van der Waals surface area contributed by atoms with E-state index in [1.165, 1.54) is 0 Å². The highest BCUT2D eigenvalue weighted by atomic mass is 35.5. The van der Waals surface area contributed by atoms with Crippen LogP contribution in [-0.4, -0.2) is 15.0 Å². The van der Waals surface area contributed by atoms with Gasteiger partial charge >= 0.3 is 0 Å². The summed E-state index contributed by atoms with van der Waals surface area (Å²) in [6, 6.07) is 19.2. The molecule has 0 bridgehead atoms. The number of aromatic nitrogens is 1. The first-order valence-corrected chi connectivity index (χ1v) is 9.21. The Morgan fingerprint density at radius 3 is 2.35 bits per heavy atom. The zero-order chi connectivity index (χ0) is 18.4. The van der Waals surface area contributed by atoms with E-state index in [-0.39, 0.29) is 0 Å². The van der Waals surface area contributed by atoms with Crippen molar-refractivity contribution in [3.8, 4) is 0 Å². The monoisotopic (exact) mass is 401 g/mol. The van der Waals surface area contributed by atoms with Crippen LogP contribution >= 0.6 is 35.4 Å². The molecule has 0 aliphatic heterocycles. The number of anilines is 1. The summed E-state index contributed by atoms with van der Waals surface area (Å²) in [5.41, 5.74) is 3.05. The molecule has 0 radical (unpaired) electrons. The lowest BCUT2D eigenvalue weighted by atomic mass is 10.2. The fourth-order valence-corrected chi connectivity index (χ4v) is 3.09. The van der Waals surface area contributed by atoms with Crippen molar-refractivity contribution in [1.29, 1.82) is 0 Å².